The van der Waals surface area contributed by atoms with Gasteiger partial charge in [0.25, 0.3) is 0 Å². The number of hydrogen-bond acceptors (Lipinski definition) is 6. The van der Waals surface area contributed by atoms with Crippen LogP contribution in [-0.4, -0.2) is 69.4 Å². The Kier molecular flexibility index (Phi) is 10.4. The lowest BCUT2D eigenvalue weighted by Gasteiger charge is -2.07. The quantitative estimate of drug-likeness (QED) is 0.281. The highest BCUT2D eigenvalue weighted by molar-refractivity contribution is 7.57. The van der Waals surface area contributed by atoms with Gasteiger partial charge in [0.2, 0.25) is 5.78 Å². The van der Waals surface area contributed by atoms with Gasteiger partial charge < -0.3 is 25.7 Å². The lowest BCUT2D eigenvalue weighted by molar-refractivity contribution is -0.148. The van der Waals surface area contributed by atoms with Gasteiger partial charge in [0.1, 0.15) is 6.04 Å². The van der Waals surface area contributed by atoms with Crippen molar-refractivity contribution in [1.82, 2.24) is 0 Å². The van der Waals surface area contributed by atoms with Crippen LogP contribution < -0.4 is 5.73 Å². The first-order chi connectivity index (χ1) is 9.65. The zero-order valence-corrected chi connectivity index (χ0v) is 14.0. The number of carboxylic acid groups (broad SMARTS) is 2. The van der Waals surface area contributed by atoms with E-state index in [9.17, 15) is 23.5 Å². The van der Waals surface area contributed by atoms with Crippen molar-refractivity contribution in [3.63, 3.8) is 0 Å². The number of aliphatic carboxylic acids is 2. The molecule has 0 rings (SSSR count). The zero-order valence-electron chi connectivity index (χ0n) is 12.2. The highest BCUT2D eigenvalue weighted by Gasteiger charge is 2.17. The van der Waals surface area contributed by atoms with Crippen LogP contribution in [0.1, 0.15) is 12.8 Å². The van der Waals surface area contributed by atoms with E-state index in [1.807, 2.05) is 0 Å². The predicted molar refractivity (Wildman–Crippen MR) is 78.7 cm³/mol. The van der Waals surface area contributed by atoms with E-state index in [-0.39, 0.29) is 25.2 Å². The summed E-state index contributed by atoms with van der Waals surface area (Å²) in [5.41, 5.74) is 5.09. The fraction of sp³-hybridized carbons (Fsp3) is 0.700. The minimum absolute atomic E-state index is 0.0412. The second kappa shape index (κ2) is 9.86. The number of ketones is 1. The van der Waals surface area contributed by atoms with Crippen LogP contribution in [0.15, 0.2) is 0 Å². The molecule has 6 N–H and O–H groups in total. The van der Waals surface area contributed by atoms with Crippen molar-refractivity contribution < 1.29 is 43.5 Å². The van der Waals surface area contributed by atoms with Crippen LogP contribution in [0.25, 0.3) is 0 Å². The van der Waals surface area contributed by atoms with Crippen molar-refractivity contribution in [2.75, 3.05) is 25.7 Å². The van der Waals surface area contributed by atoms with E-state index in [4.69, 9.17) is 25.7 Å². The SMILES string of the molecule is CP(=O)(O)CCC(=O)C(=O)O.CP(=O)(O)CC[C@H](N)C(=O)O. The normalized spacial score (nSPS) is 17.1. The predicted octanol–water partition coefficient (Wildman–Crippen LogP) is -0.381. The first-order valence-electron chi connectivity index (χ1n) is 5.99. The highest BCUT2D eigenvalue weighted by Crippen LogP contribution is 2.36. The number of carbonyl (C=O) groups is 3. The molecule has 0 aromatic carbocycles. The van der Waals surface area contributed by atoms with Gasteiger partial charge in [-0.1, -0.05) is 0 Å². The molecule has 0 aromatic heterocycles. The summed E-state index contributed by atoms with van der Waals surface area (Å²) in [6.07, 6.45) is -0.641. The third-order valence-corrected chi connectivity index (χ3v) is 4.31. The monoisotopic (exact) mass is 361 g/mol. The van der Waals surface area contributed by atoms with E-state index in [0.29, 0.717) is 0 Å². The van der Waals surface area contributed by atoms with E-state index in [1.165, 1.54) is 6.66 Å². The molecule has 130 valence electrons. The fourth-order valence-corrected chi connectivity index (χ4v) is 2.29. The average molecular weight is 361 g/mol. The maximum absolute atomic E-state index is 10.6. The van der Waals surface area contributed by atoms with Crippen LogP contribution in [0.3, 0.4) is 0 Å². The van der Waals surface area contributed by atoms with Crippen molar-refractivity contribution >= 4 is 32.5 Å². The largest absolute Gasteiger partial charge is 0.480 e. The summed E-state index contributed by atoms with van der Waals surface area (Å²) < 4.78 is 21.2. The maximum atomic E-state index is 10.6. The minimum Gasteiger partial charge on any atom is -0.480 e. The molecule has 0 aromatic rings. The molecule has 0 amide bonds. The summed E-state index contributed by atoms with van der Waals surface area (Å²) in [7, 11) is -6.35. The van der Waals surface area contributed by atoms with Crippen LogP contribution >= 0.6 is 14.7 Å². The molecule has 0 radical (unpaired) electrons. The van der Waals surface area contributed by atoms with Gasteiger partial charge >= 0.3 is 11.9 Å². The number of Topliss-reactive ketones (excluding diaryl/α,β-unsaturated/α-hetero) is 1. The van der Waals surface area contributed by atoms with Crippen molar-refractivity contribution in [1.29, 1.82) is 0 Å². The van der Waals surface area contributed by atoms with Crippen LogP contribution in [0.5, 0.6) is 0 Å². The van der Waals surface area contributed by atoms with Gasteiger partial charge in [-0.2, -0.15) is 0 Å². The van der Waals surface area contributed by atoms with Crippen LogP contribution in [0, 0.1) is 0 Å². The van der Waals surface area contributed by atoms with E-state index in [1.54, 1.807) is 0 Å². The van der Waals surface area contributed by atoms with Crippen molar-refractivity contribution in [2.45, 2.75) is 18.9 Å². The van der Waals surface area contributed by atoms with Crippen molar-refractivity contribution in [2.24, 2.45) is 5.73 Å². The van der Waals surface area contributed by atoms with Crippen molar-refractivity contribution in [3.8, 4) is 0 Å². The third kappa shape index (κ3) is 17.0. The summed E-state index contributed by atoms with van der Waals surface area (Å²) in [5.74, 6) is -3.72. The molecule has 12 heteroatoms. The second-order valence-electron chi connectivity index (χ2n) is 4.76. The van der Waals surface area contributed by atoms with Crippen LogP contribution in [0.2, 0.25) is 0 Å². The number of hydrogen-bond donors (Lipinski definition) is 5. The Balaban J connectivity index is 0. The van der Waals surface area contributed by atoms with E-state index in [2.05, 4.69) is 0 Å². The zero-order chi connectivity index (χ0) is 18.1. The molecule has 0 saturated carbocycles. The summed E-state index contributed by atoms with van der Waals surface area (Å²) in [6, 6.07) is -1.03. The number of nitrogens with two attached hydrogens (primary N) is 1. The summed E-state index contributed by atoms with van der Waals surface area (Å²) in [4.78, 5) is 47.8. The first-order valence-corrected chi connectivity index (χ1v) is 10.6. The molecule has 0 fully saturated rings. The van der Waals surface area contributed by atoms with Gasteiger partial charge in [-0.05, 0) is 6.42 Å². The number of carbonyl (C=O) groups excluding carboxylic acids is 1. The summed E-state index contributed by atoms with van der Waals surface area (Å²) >= 11 is 0. The van der Waals surface area contributed by atoms with Crippen LogP contribution in [0.4, 0.5) is 0 Å². The fourth-order valence-electron chi connectivity index (χ4n) is 0.918. The van der Waals surface area contributed by atoms with E-state index in [0.717, 1.165) is 6.66 Å². The van der Waals surface area contributed by atoms with Crippen LogP contribution in [-0.2, 0) is 23.5 Å². The topological polar surface area (TPSA) is 192 Å². The molecule has 0 aliphatic rings. The Labute approximate surface area is 127 Å². The van der Waals surface area contributed by atoms with Gasteiger partial charge in [0, 0.05) is 32.1 Å². The van der Waals surface area contributed by atoms with Gasteiger partial charge in [-0.15, -0.1) is 0 Å². The highest BCUT2D eigenvalue weighted by atomic mass is 31.2. The molecule has 0 heterocycles. The molecule has 3 atom stereocenters. The molecule has 0 aliphatic heterocycles. The standard InChI is InChI=1S/C5H12NO4P.C5H9O5P/c2*1-11(9,10)3-2-4(6)5(7)8/h4H,2-3,6H2,1H3,(H,7,8)(H,9,10);2-3H2,1H3,(H,7,8)(H,9,10)/t4-;/m0./s1. The summed E-state index contributed by atoms with van der Waals surface area (Å²) in [5, 5.41) is 16.3. The molecule has 0 saturated heterocycles. The molecule has 0 aliphatic carbocycles. The number of rotatable bonds is 8. The molecule has 0 spiro atoms. The van der Waals surface area contributed by atoms with Gasteiger partial charge in [-0.25, -0.2) is 4.79 Å². The third-order valence-electron chi connectivity index (χ3n) is 2.16. The molecule has 2 unspecified atom stereocenters. The molecule has 0 bridgehead atoms. The average Bonchev–Trinajstić information content (AvgIpc) is 2.31. The Bertz CT molecular complexity index is 493. The van der Waals surface area contributed by atoms with Gasteiger partial charge in [0.05, 0.1) is 0 Å². The molecule has 10 nitrogen and oxygen atoms in total. The summed E-state index contributed by atoms with van der Waals surface area (Å²) in [6.45, 7) is 2.27. The van der Waals surface area contributed by atoms with Crippen molar-refractivity contribution in [3.05, 3.63) is 0 Å². The lowest BCUT2D eigenvalue weighted by atomic mass is 10.2. The molecular weight excluding hydrogens is 340 g/mol. The smallest absolute Gasteiger partial charge is 0.372 e. The maximum Gasteiger partial charge on any atom is 0.372 e. The van der Waals surface area contributed by atoms with E-state index < -0.39 is 38.5 Å². The van der Waals surface area contributed by atoms with Gasteiger partial charge in [-0.3, -0.25) is 18.7 Å². The van der Waals surface area contributed by atoms with Gasteiger partial charge in [0.15, 0.2) is 14.7 Å². The Morgan fingerprint density at radius 2 is 1.41 bits per heavy atom. The Morgan fingerprint density at radius 3 is 1.68 bits per heavy atom. The second-order valence-corrected chi connectivity index (χ2v) is 9.86. The minimum atomic E-state index is -3.24. The lowest BCUT2D eigenvalue weighted by Crippen LogP contribution is -2.30. The molecule has 22 heavy (non-hydrogen) atoms. The van der Waals surface area contributed by atoms with E-state index >= 15 is 0 Å². The Morgan fingerprint density at radius 1 is 1.00 bits per heavy atom. The molecular formula is C10H21NO9P2. The number of carboxylic acids is 2. The Hall–Kier alpha value is -1.05. The first kappa shape index (κ1) is 23.2.